The highest BCUT2D eigenvalue weighted by atomic mass is 16.6. The van der Waals surface area contributed by atoms with Gasteiger partial charge in [0, 0.05) is 18.3 Å². The summed E-state index contributed by atoms with van der Waals surface area (Å²) >= 11 is 0. The number of aliphatic hydroxyl groups is 2. The first-order valence-electron chi connectivity index (χ1n) is 10.2. The fourth-order valence-corrected chi connectivity index (χ4v) is 4.21. The molecule has 0 amide bonds. The first-order valence-corrected chi connectivity index (χ1v) is 10.2. The van der Waals surface area contributed by atoms with E-state index in [0.29, 0.717) is 24.9 Å². The lowest BCUT2D eigenvalue weighted by molar-refractivity contribution is -0.146. The Morgan fingerprint density at radius 3 is 2.86 bits per heavy atom. The van der Waals surface area contributed by atoms with Gasteiger partial charge in [0.25, 0.3) is 0 Å². The first kappa shape index (κ1) is 22.7. The summed E-state index contributed by atoms with van der Waals surface area (Å²) in [5, 5.41) is 20.8. The largest absolute Gasteiger partial charge is 0.467 e. The van der Waals surface area contributed by atoms with Crippen molar-refractivity contribution in [3.05, 3.63) is 23.8 Å². The Labute approximate surface area is 168 Å². The van der Waals surface area contributed by atoms with Crippen LogP contribution in [0.25, 0.3) is 0 Å². The van der Waals surface area contributed by atoms with Gasteiger partial charge in [-0.15, -0.1) is 11.8 Å². The van der Waals surface area contributed by atoms with E-state index in [1.165, 1.54) is 12.7 Å². The van der Waals surface area contributed by atoms with Crippen molar-refractivity contribution < 1.29 is 24.5 Å². The summed E-state index contributed by atoms with van der Waals surface area (Å²) < 4.78 is 10.0. The maximum atomic E-state index is 11.2. The van der Waals surface area contributed by atoms with E-state index in [1.54, 1.807) is 6.92 Å². The predicted molar refractivity (Wildman–Crippen MR) is 108 cm³/mol. The fraction of sp³-hybridized carbons (Fsp3) is 0.696. The topological polar surface area (TPSA) is 76.0 Å². The zero-order valence-corrected chi connectivity index (χ0v) is 17.4. The molecule has 0 spiro atoms. The Kier molecular flexibility index (Phi) is 8.75. The van der Waals surface area contributed by atoms with Gasteiger partial charge in [0.05, 0.1) is 25.9 Å². The van der Waals surface area contributed by atoms with Crippen molar-refractivity contribution >= 4 is 5.97 Å². The summed E-state index contributed by atoms with van der Waals surface area (Å²) in [6.07, 6.45) is 7.54. The van der Waals surface area contributed by atoms with Crippen LogP contribution in [0.4, 0.5) is 0 Å². The molecule has 5 nitrogen and oxygen atoms in total. The lowest BCUT2D eigenvalue weighted by atomic mass is 9.87. The fourth-order valence-electron chi connectivity index (χ4n) is 4.21. The van der Waals surface area contributed by atoms with E-state index in [0.717, 1.165) is 12.8 Å². The molecule has 2 aliphatic rings. The Morgan fingerprint density at radius 2 is 2.18 bits per heavy atom. The second-order valence-corrected chi connectivity index (χ2v) is 8.13. The Bertz CT molecular complexity index is 641. The lowest BCUT2D eigenvalue weighted by Crippen LogP contribution is -2.20. The number of aliphatic hydroxyl groups excluding tert-OH is 2. The molecule has 2 N–H and O–H groups in total. The molecule has 0 aromatic heterocycles. The zero-order valence-electron chi connectivity index (χ0n) is 17.4. The van der Waals surface area contributed by atoms with Crippen molar-refractivity contribution in [2.24, 2.45) is 29.6 Å². The maximum absolute atomic E-state index is 11.2. The van der Waals surface area contributed by atoms with Crippen molar-refractivity contribution in [1.29, 1.82) is 0 Å². The average molecular weight is 391 g/mol. The SMILES string of the molecule is CC#CCC(C)C(O)/C=C/[C@@H]1C2CC(C(C)COCC(=O)OC)=CC2C[C@H]1O. The van der Waals surface area contributed by atoms with Gasteiger partial charge in [0.1, 0.15) is 6.61 Å². The monoisotopic (exact) mass is 390 g/mol. The van der Waals surface area contributed by atoms with Crippen LogP contribution in [-0.2, 0) is 14.3 Å². The van der Waals surface area contributed by atoms with E-state index in [9.17, 15) is 15.0 Å². The average Bonchev–Trinajstić information content (AvgIpc) is 3.21. The standard InChI is InChI=1S/C23H34O5/c1-5-6-7-15(2)21(24)9-8-19-20-11-17(10-18(20)12-22(19)25)16(3)13-28-14-23(26)27-4/h8-10,15-16,18-22,24-25H,7,11-14H2,1-4H3/b9-8+/t15?,16?,18?,19-,20?,21?,22-/m1/s1. The first-order chi connectivity index (χ1) is 13.4. The number of allylic oxidation sites excluding steroid dienone is 1. The van der Waals surface area contributed by atoms with Gasteiger partial charge in [-0.25, -0.2) is 4.79 Å². The van der Waals surface area contributed by atoms with Gasteiger partial charge in [-0.3, -0.25) is 0 Å². The maximum Gasteiger partial charge on any atom is 0.331 e. The predicted octanol–water partition coefficient (Wildman–Crippen LogP) is 2.72. The number of carbonyl (C=O) groups is 1. The van der Waals surface area contributed by atoms with E-state index in [1.807, 2.05) is 19.1 Å². The third-order valence-electron chi connectivity index (χ3n) is 6.06. The van der Waals surface area contributed by atoms with Crippen LogP contribution in [0, 0.1) is 41.4 Å². The lowest BCUT2D eigenvalue weighted by Gasteiger charge is -2.21. The van der Waals surface area contributed by atoms with Gasteiger partial charge in [-0.05, 0) is 37.5 Å². The van der Waals surface area contributed by atoms with Gasteiger partial charge < -0.3 is 19.7 Å². The van der Waals surface area contributed by atoms with Crippen LogP contribution in [-0.4, -0.2) is 48.7 Å². The number of rotatable bonds is 9. The van der Waals surface area contributed by atoms with E-state index in [-0.39, 0.29) is 36.4 Å². The third-order valence-corrected chi connectivity index (χ3v) is 6.06. The number of hydrogen-bond donors (Lipinski definition) is 2. The van der Waals surface area contributed by atoms with Gasteiger partial charge in [-0.2, -0.15) is 0 Å². The summed E-state index contributed by atoms with van der Waals surface area (Å²) in [6.45, 7) is 6.35. The molecule has 0 heterocycles. The molecule has 156 valence electrons. The van der Waals surface area contributed by atoms with E-state index in [2.05, 4.69) is 29.6 Å². The molecule has 5 unspecified atom stereocenters. The third kappa shape index (κ3) is 5.94. The Balaban J connectivity index is 1.89. The van der Waals surface area contributed by atoms with E-state index in [4.69, 9.17) is 4.74 Å². The number of hydrogen-bond acceptors (Lipinski definition) is 5. The van der Waals surface area contributed by atoms with Crippen molar-refractivity contribution in [1.82, 2.24) is 0 Å². The normalized spacial score (nSPS) is 29.6. The summed E-state index contributed by atoms with van der Waals surface area (Å²) in [5.41, 5.74) is 1.33. The molecule has 1 fully saturated rings. The van der Waals surface area contributed by atoms with Crippen molar-refractivity contribution in [3.8, 4) is 11.8 Å². The van der Waals surface area contributed by atoms with Crippen LogP contribution in [0.5, 0.6) is 0 Å². The van der Waals surface area contributed by atoms with Gasteiger partial charge in [0.2, 0.25) is 0 Å². The molecule has 0 bridgehead atoms. The highest BCUT2D eigenvalue weighted by molar-refractivity contribution is 5.70. The summed E-state index contributed by atoms with van der Waals surface area (Å²) in [7, 11) is 1.35. The second kappa shape index (κ2) is 10.8. The van der Waals surface area contributed by atoms with Crippen LogP contribution in [0.1, 0.15) is 40.0 Å². The highest BCUT2D eigenvalue weighted by Crippen LogP contribution is 2.48. The van der Waals surface area contributed by atoms with Crippen molar-refractivity contribution in [2.75, 3.05) is 20.3 Å². The molecular formula is C23H34O5. The molecule has 0 saturated heterocycles. The summed E-state index contributed by atoms with van der Waals surface area (Å²) in [6, 6.07) is 0. The van der Waals surface area contributed by atoms with Crippen molar-refractivity contribution in [2.45, 2.75) is 52.2 Å². The van der Waals surface area contributed by atoms with Crippen molar-refractivity contribution in [3.63, 3.8) is 0 Å². The Morgan fingerprint density at radius 1 is 1.43 bits per heavy atom. The number of methoxy groups -OCH3 is 1. The van der Waals surface area contributed by atoms with Crippen LogP contribution in [0.3, 0.4) is 0 Å². The quantitative estimate of drug-likeness (QED) is 0.360. The Hall–Kier alpha value is -1.61. The molecule has 28 heavy (non-hydrogen) atoms. The van der Waals surface area contributed by atoms with Gasteiger partial charge >= 0.3 is 5.97 Å². The molecule has 2 aliphatic carbocycles. The number of esters is 1. The molecule has 2 rings (SSSR count). The summed E-state index contributed by atoms with van der Waals surface area (Å²) in [4.78, 5) is 11.2. The van der Waals surface area contributed by atoms with Crippen LogP contribution in [0.2, 0.25) is 0 Å². The highest BCUT2D eigenvalue weighted by Gasteiger charge is 2.44. The number of ether oxygens (including phenoxy) is 2. The molecule has 0 radical (unpaired) electrons. The van der Waals surface area contributed by atoms with Gasteiger partial charge in [0.15, 0.2) is 0 Å². The van der Waals surface area contributed by atoms with Crippen LogP contribution < -0.4 is 0 Å². The molecule has 0 aliphatic heterocycles. The van der Waals surface area contributed by atoms with Gasteiger partial charge in [-0.1, -0.05) is 37.6 Å². The van der Waals surface area contributed by atoms with E-state index >= 15 is 0 Å². The summed E-state index contributed by atoms with van der Waals surface area (Å²) in [5.74, 6) is 6.59. The number of fused-ring (bicyclic) bond motifs is 1. The molecular weight excluding hydrogens is 356 g/mol. The molecule has 0 aromatic rings. The minimum absolute atomic E-state index is 0.0243. The molecule has 5 heteroatoms. The minimum Gasteiger partial charge on any atom is -0.467 e. The van der Waals surface area contributed by atoms with Crippen LogP contribution >= 0.6 is 0 Å². The smallest absolute Gasteiger partial charge is 0.331 e. The molecule has 7 atom stereocenters. The zero-order chi connectivity index (χ0) is 20.7. The second-order valence-electron chi connectivity index (χ2n) is 8.13. The van der Waals surface area contributed by atoms with Crippen LogP contribution in [0.15, 0.2) is 23.8 Å². The molecule has 1 saturated carbocycles. The number of carbonyl (C=O) groups excluding carboxylic acids is 1. The minimum atomic E-state index is -0.549. The van der Waals surface area contributed by atoms with E-state index < -0.39 is 6.10 Å². The molecule has 0 aromatic carbocycles.